The lowest BCUT2D eigenvalue weighted by Crippen LogP contribution is -2.33. The molecule has 4 aromatic rings. The first-order valence-corrected chi connectivity index (χ1v) is 14.4. The molecule has 0 saturated carbocycles. The largest absolute Gasteiger partial charge is 0.240 e. The molecule has 0 fully saturated rings. The molecule has 0 spiro atoms. The van der Waals surface area contributed by atoms with Crippen LogP contribution in [-0.2, 0) is 0 Å². The van der Waals surface area contributed by atoms with Crippen LogP contribution >= 0.6 is 61.5 Å². The Labute approximate surface area is 173 Å². The fourth-order valence-corrected chi connectivity index (χ4v) is 15.1. The van der Waals surface area contributed by atoms with Crippen molar-refractivity contribution in [2.75, 3.05) is 0 Å². The maximum absolute atomic E-state index is 2.82. The van der Waals surface area contributed by atoms with Gasteiger partial charge in [-0.05, 0) is 59.6 Å². The molecule has 4 rings (SSSR count). The monoisotopic (exact) mass is 451 g/mol. The van der Waals surface area contributed by atoms with E-state index < -0.39 is 16.1 Å². The van der Waals surface area contributed by atoms with Crippen molar-refractivity contribution in [2.24, 2.45) is 0 Å². The quantitative estimate of drug-likeness (QED) is 0.310. The molecule has 0 unspecified atom stereocenters. The van der Waals surface area contributed by atoms with Crippen LogP contribution in [0.15, 0.2) is 70.1 Å². The van der Waals surface area contributed by atoms with Gasteiger partial charge < -0.3 is 0 Å². The minimum absolute atomic E-state index is 0.473. The first-order chi connectivity index (χ1) is 12.8. The summed E-state index contributed by atoms with van der Waals surface area (Å²) in [7, 11) is -1.03. The van der Waals surface area contributed by atoms with Crippen molar-refractivity contribution in [3.05, 3.63) is 70.1 Å². The Balaban J connectivity index is 1.87. The van der Waals surface area contributed by atoms with Gasteiger partial charge in [-0.1, -0.05) is 24.3 Å². The molecule has 0 bridgehead atoms. The van der Waals surface area contributed by atoms with Crippen LogP contribution in [0.2, 0.25) is 0 Å². The van der Waals surface area contributed by atoms with Crippen LogP contribution < -0.4 is 18.5 Å². The molecule has 0 aliphatic heterocycles. The minimum atomic E-state index is -0.516. The predicted octanol–water partition coefficient (Wildman–Crippen LogP) is 6.04. The molecule has 26 heavy (non-hydrogen) atoms. The second-order valence-corrected chi connectivity index (χ2v) is 15.2. The smallest absolute Gasteiger partial charge is 0.0534 e. The van der Waals surface area contributed by atoms with Gasteiger partial charge in [0.2, 0.25) is 0 Å². The lowest BCUT2D eigenvalue weighted by molar-refractivity contribution is 0.584. The summed E-state index contributed by atoms with van der Waals surface area (Å²) in [5.41, 5.74) is 0. The summed E-state index contributed by atoms with van der Waals surface area (Å²) in [4.78, 5) is 0. The van der Waals surface area contributed by atoms with E-state index in [-0.39, 0.29) is 0 Å². The number of hydrogen-bond donors (Lipinski definition) is 0. The highest BCUT2D eigenvalue weighted by Gasteiger charge is 2.35. The molecule has 0 atom stereocenters. The molecule has 0 radical (unpaired) electrons. The number of nitrogens with zero attached hydrogens (tertiary/aromatic N) is 1. The van der Waals surface area contributed by atoms with Gasteiger partial charge in [-0.3, -0.25) is 0 Å². The summed E-state index contributed by atoms with van der Waals surface area (Å²) >= 11 is 7.59. The van der Waals surface area contributed by atoms with Crippen LogP contribution in [-0.4, -0.2) is 10.5 Å². The highest BCUT2D eigenvalue weighted by molar-refractivity contribution is 7.92. The fraction of sp³-hybridized carbons (Fsp3) is 0.158. The van der Waals surface area contributed by atoms with E-state index in [9.17, 15) is 0 Å². The van der Waals surface area contributed by atoms with Gasteiger partial charge in [0.05, 0.1) is 16.1 Å². The van der Waals surface area contributed by atoms with Gasteiger partial charge >= 0.3 is 0 Å². The van der Waals surface area contributed by atoms with Crippen LogP contribution in [0.3, 0.4) is 0 Å². The lowest BCUT2D eigenvalue weighted by Gasteiger charge is -2.39. The third kappa shape index (κ3) is 3.91. The van der Waals surface area contributed by atoms with Crippen LogP contribution in [0.5, 0.6) is 0 Å². The average Bonchev–Trinajstić information content (AvgIpc) is 3.42. The molecule has 134 valence electrons. The Kier molecular flexibility index (Phi) is 6.38. The van der Waals surface area contributed by atoms with Gasteiger partial charge in [0.1, 0.15) is 0 Å². The highest BCUT2D eigenvalue weighted by Crippen LogP contribution is 2.57. The topological polar surface area (TPSA) is 3.24 Å². The summed E-state index contributed by atoms with van der Waals surface area (Å²) in [5, 5.41) is 8.87. The predicted molar refractivity (Wildman–Crippen MR) is 127 cm³/mol. The molecule has 0 amide bonds. The van der Waals surface area contributed by atoms with Crippen LogP contribution in [0.1, 0.15) is 13.8 Å². The molecule has 0 N–H and O–H groups in total. The van der Waals surface area contributed by atoms with Crippen molar-refractivity contribution in [1.82, 2.24) is 4.44 Å². The molecule has 0 aromatic carbocycles. The Hall–Kier alpha value is -0.380. The van der Waals surface area contributed by atoms with E-state index in [1.807, 2.05) is 45.3 Å². The van der Waals surface area contributed by atoms with Crippen molar-refractivity contribution in [1.29, 1.82) is 0 Å². The second kappa shape index (κ2) is 8.75. The van der Waals surface area contributed by atoms with E-state index in [2.05, 4.69) is 88.3 Å². The molecule has 4 aromatic heterocycles. The van der Waals surface area contributed by atoms with E-state index in [4.69, 9.17) is 0 Å². The van der Waals surface area contributed by atoms with Crippen molar-refractivity contribution in [2.45, 2.75) is 19.9 Å². The molecule has 4 heterocycles. The van der Waals surface area contributed by atoms with Crippen LogP contribution in [0.25, 0.3) is 0 Å². The highest BCUT2D eigenvalue weighted by atomic mass is 32.1. The van der Waals surface area contributed by atoms with Gasteiger partial charge in [-0.25, -0.2) is 4.44 Å². The first kappa shape index (κ1) is 19.0. The maximum Gasteiger partial charge on any atom is 0.0534 e. The summed E-state index contributed by atoms with van der Waals surface area (Å²) < 4.78 is 8.81. The van der Waals surface area contributed by atoms with Crippen molar-refractivity contribution < 1.29 is 0 Å². The zero-order chi connectivity index (χ0) is 17.9. The Morgan fingerprint density at radius 3 is 1.12 bits per heavy atom. The van der Waals surface area contributed by atoms with Gasteiger partial charge in [0, 0.05) is 24.5 Å². The fourth-order valence-electron chi connectivity index (χ4n) is 2.73. The van der Waals surface area contributed by atoms with Crippen molar-refractivity contribution >= 4 is 80.0 Å². The second-order valence-electron chi connectivity index (χ2n) is 5.84. The van der Waals surface area contributed by atoms with Gasteiger partial charge in [-0.2, -0.15) is 0 Å². The van der Waals surface area contributed by atoms with E-state index in [0.29, 0.717) is 6.04 Å². The summed E-state index contributed by atoms with van der Waals surface area (Å²) in [6, 6.07) is 18.5. The maximum atomic E-state index is 2.82. The van der Waals surface area contributed by atoms with Crippen LogP contribution in [0.4, 0.5) is 0 Å². The SMILES string of the molecule is CC(C)N(P(c1cccs1)c1cccs1)P(c1cccs1)c1cccs1. The summed E-state index contributed by atoms with van der Waals surface area (Å²) in [6.07, 6.45) is 0. The number of thiophene rings is 4. The number of rotatable bonds is 7. The summed E-state index contributed by atoms with van der Waals surface area (Å²) in [6.45, 7) is 4.71. The zero-order valence-electron chi connectivity index (χ0n) is 14.5. The van der Waals surface area contributed by atoms with Crippen LogP contribution in [0, 0.1) is 0 Å². The van der Waals surface area contributed by atoms with Crippen molar-refractivity contribution in [3.63, 3.8) is 0 Å². The normalized spacial score (nSPS) is 12.1. The summed E-state index contributed by atoms with van der Waals surface area (Å²) in [5.74, 6) is 0. The molecular weight excluding hydrogens is 432 g/mol. The first-order valence-electron chi connectivity index (χ1n) is 8.29. The Morgan fingerprint density at radius 1 is 0.615 bits per heavy atom. The average molecular weight is 452 g/mol. The Morgan fingerprint density at radius 2 is 0.923 bits per heavy atom. The zero-order valence-corrected chi connectivity index (χ0v) is 19.5. The van der Waals surface area contributed by atoms with E-state index in [0.717, 1.165) is 0 Å². The minimum Gasteiger partial charge on any atom is -0.240 e. The Bertz CT molecular complexity index is 743. The molecule has 0 aliphatic carbocycles. The third-order valence-electron chi connectivity index (χ3n) is 3.73. The molecule has 0 aliphatic rings. The van der Waals surface area contributed by atoms with Gasteiger partial charge in [0.15, 0.2) is 0 Å². The third-order valence-corrected chi connectivity index (χ3v) is 14.8. The van der Waals surface area contributed by atoms with E-state index in [1.165, 1.54) is 18.5 Å². The van der Waals surface area contributed by atoms with Crippen molar-refractivity contribution in [3.8, 4) is 0 Å². The van der Waals surface area contributed by atoms with Gasteiger partial charge in [0.25, 0.3) is 0 Å². The van der Waals surface area contributed by atoms with E-state index in [1.54, 1.807) is 0 Å². The molecule has 1 nitrogen and oxygen atoms in total. The number of hydrogen-bond acceptors (Lipinski definition) is 5. The molecule has 7 heteroatoms. The molecule has 0 saturated heterocycles. The molecular formula is C19H19NP2S4. The van der Waals surface area contributed by atoms with Gasteiger partial charge in [-0.15, -0.1) is 45.3 Å². The van der Waals surface area contributed by atoms with E-state index >= 15 is 0 Å². The standard InChI is InChI=1S/C19H19NP2S4/c1-15(2)20(21(16-7-3-11-23-16)17-8-4-12-24-17)22(18-9-5-13-25-18)19-10-6-14-26-19/h3-15H,1-2H3. The lowest BCUT2D eigenvalue weighted by atomic mass is 10.4.